The third-order valence-corrected chi connectivity index (χ3v) is 5.39. The number of carbonyl (C=O) groups is 1. The smallest absolute Gasteiger partial charge is 0.269 e. The zero-order chi connectivity index (χ0) is 14.7. The summed E-state index contributed by atoms with van der Waals surface area (Å²) in [6.45, 7) is 4.93. The lowest BCUT2D eigenvalue weighted by molar-refractivity contribution is 0.0951. The van der Waals surface area contributed by atoms with Gasteiger partial charge in [-0.15, -0.1) is 0 Å². The van der Waals surface area contributed by atoms with E-state index < -0.39 is 20.5 Å². The number of pyridine rings is 1. The number of hydrogen-bond acceptors (Lipinski definition) is 4. The van der Waals surface area contributed by atoms with Crippen LogP contribution in [0.4, 0.5) is 0 Å². The van der Waals surface area contributed by atoms with E-state index in [9.17, 15) is 13.2 Å². The monoisotopic (exact) mass is 304 g/mol. The second-order valence-corrected chi connectivity index (χ2v) is 8.35. The van der Waals surface area contributed by atoms with Crippen molar-refractivity contribution >= 4 is 27.3 Å². The van der Waals surface area contributed by atoms with Crippen LogP contribution < -0.4 is 5.32 Å². The molecule has 1 heterocycles. The Morgan fingerprint density at radius 3 is 2.58 bits per heavy atom. The van der Waals surface area contributed by atoms with E-state index in [4.69, 9.17) is 11.6 Å². The topological polar surface area (TPSA) is 76.1 Å². The Kier molecular flexibility index (Phi) is 4.92. The normalized spacial score (nSPS) is 12.2. The quantitative estimate of drug-likeness (QED) is 0.918. The highest BCUT2D eigenvalue weighted by Crippen LogP contribution is 2.15. The van der Waals surface area contributed by atoms with E-state index in [0.29, 0.717) is 5.02 Å². The van der Waals surface area contributed by atoms with E-state index >= 15 is 0 Å². The highest BCUT2D eigenvalue weighted by atomic mass is 35.5. The average Bonchev–Trinajstić information content (AvgIpc) is 2.27. The summed E-state index contributed by atoms with van der Waals surface area (Å²) in [6.07, 6.45) is 1.42. The summed E-state index contributed by atoms with van der Waals surface area (Å²) >= 11 is 5.74. The van der Waals surface area contributed by atoms with Gasteiger partial charge in [-0.25, -0.2) is 8.42 Å². The number of carbonyl (C=O) groups excluding carboxylic acids is 1. The predicted octanol–water partition coefficient (Wildman–Crippen LogP) is 1.68. The molecule has 0 saturated carbocycles. The van der Waals surface area contributed by atoms with Crippen molar-refractivity contribution in [1.29, 1.82) is 0 Å². The molecular weight excluding hydrogens is 288 g/mol. The third-order valence-electron chi connectivity index (χ3n) is 2.54. The van der Waals surface area contributed by atoms with Crippen molar-refractivity contribution in [2.24, 2.45) is 0 Å². The molecule has 0 fully saturated rings. The van der Waals surface area contributed by atoms with E-state index in [2.05, 4.69) is 10.3 Å². The number of rotatable bonds is 4. The Hall–Kier alpha value is -1.14. The molecule has 1 amide bonds. The maximum absolute atomic E-state index is 11.8. The Labute approximate surface area is 118 Å². The van der Waals surface area contributed by atoms with Gasteiger partial charge in [0.15, 0.2) is 9.84 Å². The maximum atomic E-state index is 11.8. The van der Waals surface area contributed by atoms with E-state index in [-0.39, 0.29) is 18.0 Å². The van der Waals surface area contributed by atoms with Crippen molar-refractivity contribution in [2.45, 2.75) is 25.5 Å². The molecule has 0 aliphatic heterocycles. The molecule has 0 aromatic carbocycles. The van der Waals surface area contributed by atoms with Crippen LogP contribution in [0.5, 0.6) is 0 Å². The van der Waals surface area contributed by atoms with Gasteiger partial charge in [0, 0.05) is 17.8 Å². The zero-order valence-corrected chi connectivity index (χ0v) is 12.7. The molecule has 1 rings (SSSR count). The second-order valence-electron chi connectivity index (χ2n) is 5.05. The predicted molar refractivity (Wildman–Crippen MR) is 75.1 cm³/mol. The van der Waals surface area contributed by atoms with Crippen molar-refractivity contribution in [2.75, 3.05) is 12.3 Å². The first-order valence-corrected chi connectivity index (χ1v) is 7.78. The Bertz CT molecular complexity index is 565. The van der Waals surface area contributed by atoms with Crippen molar-refractivity contribution in [3.8, 4) is 0 Å². The van der Waals surface area contributed by atoms with Crippen LogP contribution in [0, 0.1) is 0 Å². The van der Waals surface area contributed by atoms with Gasteiger partial charge >= 0.3 is 0 Å². The number of hydrogen-bond donors (Lipinski definition) is 1. The van der Waals surface area contributed by atoms with Crippen molar-refractivity contribution in [3.63, 3.8) is 0 Å². The maximum Gasteiger partial charge on any atom is 0.269 e. The third kappa shape index (κ3) is 4.47. The first kappa shape index (κ1) is 15.9. The highest BCUT2D eigenvalue weighted by Gasteiger charge is 2.28. The van der Waals surface area contributed by atoms with Gasteiger partial charge in [0.25, 0.3) is 5.91 Å². The minimum Gasteiger partial charge on any atom is -0.350 e. The summed E-state index contributed by atoms with van der Waals surface area (Å²) in [5.41, 5.74) is 0.167. The van der Waals surface area contributed by atoms with Gasteiger partial charge in [-0.2, -0.15) is 0 Å². The van der Waals surface area contributed by atoms with Gasteiger partial charge in [-0.1, -0.05) is 11.6 Å². The standard InChI is InChI=1S/C12H17ClN2O3S/c1-12(2,3)19(17,18)7-6-15-11(16)10-8-9(13)4-5-14-10/h4-5,8H,6-7H2,1-3H3,(H,15,16). The molecule has 0 unspecified atom stereocenters. The second kappa shape index (κ2) is 5.88. The van der Waals surface area contributed by atoms with Crippen LogP contribution >= 0.6 is 11.6 Å². The minimum absolute atomic E-state index is 0.0482. The summed E-state index contributed by atoms with van der Waals surface area (Å²) in [4.78, 5) is 15.6. The van der Waals surface area contributed by atoms with Crippen LogP contribution in [0.3, 0.4) is 0 Å². The Morgan fingerprint density at radius 1 is 1.42 bits per heavy atom. The van der Waals surface area contributed by atoms with Crippen molar-refractivity contribution < 1.29 is 13.2 Å². The fraction of sp³-hybridized carbons (Fsp3) is 0.500. The summed E-state index contributed by atoms with van der Waals surface area (Å²) in [5, 5.41) is 2.92. The molecule has 0 bridgehead atoms. The zero-order valence-electron chi connectivity index (χ0n) is 11.1. The van der Waals surface area contributed by atoms with Gasteiger partial charge < -0.3 is 5.32 Å². The molecule has 19 heavy (non-hydrogen) atoms. The average molecular weight is 305 g/mol. The number of nitrogens with zero attached hydrogens (tertiary/aromatic N) is 1. The molecule has 7 heteroatoms. The summed E-state index contributed by atoms with van der Waals surface area (Å²) in [6, 6.07) is 2.98. The molecule has 5 nitrogen and oxygen atoms in total. The SMILES string of the molecule is CC(C)(C)S(=O)(=O)CCNC(=O)c1cc(Cl)ccn1. The molecule has 1 aromatic rings. The molecule has 0 aliphatic rings. The largest absolute Gasteiger partial charge is 0.350 e. The van der Waals surface area contributed by atoms with E-state index in [1.807, 2.05) is 0 Å². The lowest BCUT2D eigenvalue weighted by Gasteiger charge is -2.19. The summed E-state index contributed by atoms with van der Waals surface area (Å²) in [5.74, 6) is -0.547. The summed E-state index contributed by atoms with van der Waals surface area (Å²) < 4.78 is 22.8. The van der Waals surface area contributed by atoms with Crippen LogP contribution in [-0.2, 0) is 9.84 Å². The Morgan fingerprint density at radius 2 is 2.05 bits per heavy atom. The molecule has 106 valence electrons. The highest BCUT2D eigenvalue weighted by molar-refractivity contribution is 7.92. The van der Waals surface area contributed by atoms with Crippen LogP contribution in [-0.4, -0.2) is 36.4 Å². The van der Waals surface area contributed by atoms with E-state index in [1.165, 1.54) is 12.3 Å². The van der Waals surface area contributed by atoms with Crippen LogP contribution in [0.2, 0.25) is 5.02 Å². The van der Waals surface area contributed by atoms with Gasteiger partial charge in [0.05, 0.1) is 10.5 Å². The van der Waals surface area contributed by atoms with Crippen LogP contribution in [0.25, 0.3) is 0 Å². The number of sulfone groups is 1. The molecule has 0 spiro atoms. The molecule has 1 aromatic heterocycles. The lowest BCUT2D eigenvalue weighted by atomic mass is 10.3. The van der Waals surface area contributed by atoms with Gasteiger partial charge in [0.2, 0.25) is 0 Å². The van der Waals surface area contributed by atoms with Crippen LogP contribution in [0.15, 0.2) is 18.3 Å². The molecule has 0 radical (unpaired) electrons. The number of halogens is 1. The number of amides is 1. The van der Waals surface area contributed by atoms with Gasteiger partial charge in [-0.3, -0.25) is 9.78 Å². The molecule has 0 atom stereocenters. The number of aromatic nitrogens is 1. The first-order chi connectivity index (χ1) is 8.63. The van der Waals surface area contributed by atoms with Gasteiger partial charge in [-0.05, 0) is 32.9 Å². The number of nitrogens with one attached hydrogen (secondary N) is 1. The fourth-order valence-corrected chi connectivity index (χ4v) is 2.37. The lowest BCUT2D eigenvalue weighted by Crippen LogP contribution is -2.36. The molecular formula is C12H17ClN2O3S. The van der Waals surface area contributed by atoms with Gasteiger partial charge in [0.1, 0.15) is 5.69 Å². The molecule has 1 N–H and O–H groups in total. The molecule has 0 aliphatic carbocycles. The minimum atomic E-state index is -3.24. The fourth-order valence-electron chi connectivity index (χ4n) is 1.22. The van der Waals surface area contributed by atoms with Crippen molar-refractivity contribution in [1.82, 2.24) is 10.3 Å². The molecule has 0 saturated heterocycles. The van der Waals surface area contributed by atoms with Crippen LogP contribution in [0.1, 0.15) is 31.3 Å². The Balaban J connectivity index is 2.58. The first-order valence-electron chi connectivity index (χ1n) is 5.75. The van der Waals surface area contributed by atoms with E-state index in [0.717, 1.165) is 0 Å². The summed E-state index contributed by atoms with van der Waals surface area (Å²) in [7, 11) is -3.24. The van der Waals surface area contributed by atoms with Crippen molar-refractivity contribution in [3.05, 3.63) is 29.0 Å². The van der Waals surface area contributed by atoms with E-state index in [1.54, 1.807) is 26.8 Å².